The van der Waals surface area contributed by atoms with Gasteiger partial charge in [0.1, 0.15) is 0 Å². The molecule has 0 radical (unpaired) electrons. The van der Waals surface area contributed by atoms with Crippen molar-refractivity contribution in [2.45, 2.75) is 6.92 Å². The molecule has 2 aromatic carbocycles. The molecule has 1 heterocycles. The predicted octanol–water partition coefficient (Wildman–Crippen LogP) is 4.41. The molecule has 3 heteroatoms. The van der Waals surface area contributed by atoms with E-state index in [0.717, 1.165) is 33.4 Å². The fraction of sp³-hybridized carbons (Fsp3) is 0.0556. The van der Waals surface area contributed by atoms with E-state index in [4.69, 9.17) is 5.73 Å². The van der Waals surface area contributed by atoms with Crippen LogP contribution in [0.3, 0.4) is 0 Å². The summed E-state index contributed by atoms with van der Waals surface area (Å²) in [5, 5.41) is 2.14. The van der Waals surface area contributed by atoms with Gasteiger partial charge in [0.05, 0.1) is 17.6 Å². The number of aromatic nitrogens is 1. The van der Waals surface area contributed by atoms with E-state index in [1.807, 2.05) is 53.7 Å². The number of rotatable bonds is 3. The second kappa shape index (κ2) is 5.29. The third-order valence-corrected chi connectivity index (χ3v) is 3.65. The van der Waals surface area contributed by atoms with Gasteiger partial charge < -0.3 is 10.6 Å². The summed E-state index contributed by atoms with van der Waals surface area (Å²) in [5.74, 6) is 0. The number of hydrogen-bond donors (Lipinski definition) is 1. The molecule has 21 heavy (non-hydrogen) atoms. The quantitative estimate of drug-likeness (QED) is 0.720. The molecule has 3 nitrogen and oxygen atoms in total. The van der Waals surface area contributed by atoms with E-state index in [-0.39, 0.29) is 0 Å². The molecule has 0 aliphatic heterocycles. The first-order chi connectivity index (χ1) is 10.2. The van der Waals surface area contributed by atoms with Crippen molar-refractivity contribution in [1.29, 1.82) is 0 Å². The molecule has 0 atom stereocenters. The first-order valence-electron chi connectivity index (χ1n) is 6.82. The summed E-state index contributed by atoms with van der Waals surface area (Å²) in [6.07, 6.45) is 5.45. The number of aryl methyl sites for hydroxylation is 1. The molecule has 0 fully saturated rings. The maximum atomic E-state index is 6.08. The Morgan fingerprint density at radius 3 is 2.52 bits per heavy atom. The van der Waals surface area contributed by atoms with E-state index >= 15 is 0 Å². The van der Waals surface area contributed by atoms with E-state index in [1.165, 1.54) is 0 Å². The molecule has 0 aliphatic carbocycles. The van der Waals surface area contributed by atoms with Gasteiger partial charge in [-0.25, -0.2) is 0 Å². The van der Waals surface area contributed by atoms with Crippen molar-refractivity contribution in [3.05, 3.63) is 73.2 Å². The monoisotopic (exact) mass is 275 g/mol. The van der Waals surface area contributed by atoms with Gasteiger partial charge in [-0.05, 0) is 30.7 Å². The molecule has 0 aliphatic rings. The fourth-order valence-electron chi connectivity index (χ4n) is 2.55. The molecule has 0 spiro atoms. The molecule has 0 amide bonds. The summed E-state index contributed by atoms with van der Waals surface area (Å²) in [6.45, 7) is 6.01. The van der Waals surface area contributed by atoms with Crippen LogP contribution in [-0.2, 0) is 0 Å². The first-order valence-corrected chi connectivity index (χ1v) is 6.82. The van der Waals surface area contributed by atoms with Crippen molar-refractivity contribution in [3.8, 4) is 0 Å². The molecule has 3 aromatic rings. The van der Waals surface area contributed by atoms with Gasteiger partial charge in [0.15, 0.2) is 0 Å². The number of nitrogens with zero attached hydrogens (tertiary/aromatic N) is 2. The lowest BCUT2D eigenvalue weighted by Crippen LogP contribution is -2.10. The van der Waals surface area contributed by atoms with Gasteiger partial charge in [0.25, 0.3) is 0 Å². The van der Waals surface area contributed by atoms with Crippen LogP contribution in [0.15, 0.2) is 67.6 Å². The van der Waals surface area contributed by atoms with Crippen molar-refractivity contribution in [2.24, 2.45) is 0 Å². The molecular weight excluding hydrogens is 258 g/mol. The highest BCUT2D eigenvalue weighted by Crippen LogP contribution is 2.35. The Kier molecular flexibility index (Phi) is 3.32. The molecule has 0 saturated carbocycles. The third-order valence-electron chi connectivity index (χ3n) is 3.65. The van der Waals surface area contributed by atoms with Crippen molar-refractivity contribution in [1.82, 2.24) is 4.98 Å². The van der Waals surface area contributed by atoms with Gasteiger partial charge >= 0.3 is 0 Å². The van der Waals surface area contributed by atoms with Crippen LogP contribution in [0.1, 0.15) is 5.56 Å². The number of anilines is 3. The molecular formula is C18H17N3. The van der Waals surface area contributed by atoms with Crippen molar-refractivity contribution in [2.75, 3.05) is 10.6 Å². The largest absolute Gasteiger partial charge is 0.398 e. The normalized spacial score (nSPS) is 10.5. The molecule has 2 N–H and O–H groups in total. The zero-order chi connectivity index (χ0) is 14.8. The van der Waals surface area contributed by atoms with Gasteiger partial charge in [-0.1, -0.05) is 30.8 Å². The summed E-state index contributed by atoms with van der Waals surface area (Å²) < 4.78 is 0. The Balaban J connectivity index is 2.26. The third kappa shape index (κ3) is 2.23. The highest BCUT2D eigenvalue weighted by molar-refractivity contribution is 6.03. The number of fused-ring (bicyclic) bond motifs is 1. The van der Waals surface area contributed by atoms with Gasteiger partial charge in [-0.3, -0.25) is 4.98 Å². The van der Waals surface area contributed by atoms with Gasteiger partial charge in [0, 0.05) is 28.9 Å². The summed E-state index contributed by atoms with van der Waals surface area (Å²) >= 11 is 0. The Morgan fingerprint density at radius 2 is 1.81 bits per heavy atom. The van der Waals surface area contributed by atoms with E-state index in [9.17, 15) is 0 Å². The summed E-state index contributed by atoms with van der Waals surface area (Å²) in [6, 6.07) is 14.1. The lowest BCUT2D eigenvalue weighted by Gasteiger charge is -2.23. The SMILES string of the molecule is C=CN(c1cnccc1C)c1ccc(N)c2ccccc12. The standard InChI is InChI=1S/C18H17N3/c1-3-21(18-12-20-11-10-13(18)2)17-9-8-16(19)14-6-4-5-7-15(14)17/h3-12H,1,19H2,2H3. The zero-order valence-corrected chi connectivity index (χ0v) is 12.0. The molecule has 0 unspecified atom stereocenters. The maximum absolute atomic E-state index is 6.08. The second-order valence-corrected chi connectivity index (χ2v) is 4.93. The van der Waals surface area contributed by atoms with Crippen LogP contribution >= 0.6 is 0 Å². The summed E-state index contributed by atoms with van der Waals surface area (Å²) in [4.78, 5) is 6.27. The Hall–Kier alpha value is -2.81. The Morgan fingerprint density at radius 1 is 1.05 bits per heavy atom. The minimum Gasteiger partial charge on any atom is -0.398 e. The summed E-state index contributed by atoms with van der Waals surface area (Å²) in [5.41, 5.74) is 10.1. The maximum Gasteiger partial charge on any atom is 0.0668 e. The van der Waals surface area contributed by atoms with E-state index in [0.29, 0.717) is 0 Å². The van der Waals surface area contributed by atoms with Gasteiger partial charge in [0.2, 0.25) is 0 Å². The van der Waals surface area contributed by atoms with Gasteiger partial charge in [-0.15, -0.1) is 0 Å². The smallest absolute Gasteiger partial charge is 0.0668 e. The zero-order valence-electron chi connectivity index (χ0n) is 12.0. The lowest BCUT2D eigenvalue weighted by molar-refractivity contribution is 1.20. The highest BCUT2D eigenvalue weighted by atomic mass is 15.1. The second-order valence-electron chi connectivity index (χ2n) is 4.93. The number of nitrogen functional groups attached to an aromatic ring is 1. The average Bonchev–Trinajstić information content (AvgIpc) is 2.52. The average molecular weight is 275 g/mol. The minimum absolute atomic E-state index is 0.779. The van der Waals surface area contributed by atoms with Crippen molar-refractivity contribution >= 4 is 27.8 Å². The minimum atomic E-state index is 0.779. The van der Waals surface area contributed by atoms with Crippen LogP contribution in [-0.4, -0.2) is 4.98 Å². The van der Waals surface area contributed by atoms with Crippen LogP contribution < -0.4 is 10.6 Å². The number of pyridine rings is 1. The first kappa shape index (κ1) is 13.2. The number of nitrogens with two attached hydrogens (primary N) is 1. The van der Waals surface area contributed by atoms with E-state index in [2.05, 4.69) is 24.6 Å². The van der Waals surface area contributed by atoms with E-state index < -0.39 is 0 Å². The van der Waals surface area contributed by atoms with Crippen molar-refractivity contribution < 1.29 is 0 Å². The Labute approximate surface area is 124 Å². The number of benzene rings is 2. The number of hydrogen-bond acceptors (Lipinski definition) is 3. The molecule has 104 valence electrons. The molecule has 1 aromatic heterocycles. The van der Waals surface area contributed by atoms with Crippen LogP contribution in [0.25, 0.3) is 10.8 Å². The lowest BCUT2D eigenvalue weighted by atomic mass is 10.1. The van der Waals surface area contributed by atoms with Crippen LogP contribution in [0.4, 0.5) is 17.1 Å². The summed E-state index contributed by atoms with van der Waals surface area (Å²) in [7, 11) is 0. The highest BCUT2D eigenvalue weighted by Gasteiger charge is 2.12. The molecule has 0 saturated heterocycles. The predicted molar refractivity (Wildman–Crippen MR) is 89.7 cm³/mol. The van der Waals surface area contributed by atoms with Crippen LogP contribution in [0, 0.1) is 6.92 Å². The Bertz CT molecular complexity index is 808. The molecule has 3 rings (SSSR count). The molecule has 0 bridgehead atoms. The van der Waals surface area contributed by atoms with Crippen LogP contribution in [0.5, 0.6) is 0 Å². The van der Waals surface area contributed by atoms with Crippen molar-refractivity contribution in [3.63, 3.8) is 0 Å². The fourth-order valence-corrected chi connectivity index (χ4v) is 2.55. The van der Waals surface area contributed by atoms with Crippen LogP contribution in [0.2, 0.25) is 0 Å². The topological polar surface area (TPSA) is 42.2 Å². The van der Waals surface area contributed by atoms with E-state index in [1.54, 1.807) is 6.20 Å². The van der Waals surface area contributed by atoms with Gasteiger partial charge in [-0.2, -0.15) is 0 Å².